The van der Waals surface area contributed by atoms with E-state index < -0.39 is 30.1 Å². The van der Waals surface area contributed by atoms with E-state index in [9.17, 15) is 22.8 Å². The van der Waals surface area contributed by atoms with Crippen LogP contribution in [0.15, 0.2) is 48.5 Å². The number of likely N-dealkylation sites (N-methyl/N-ethyl adjacent to an activating group) is 1. The molecule has 0 radical (unpaired) electrons. The highest BCUT2D eigenvalue weighted by Crippen LogP contribution is 2.34. The maximum Gasteiger partial charge on any atom is 0.407 e. The highest BCUT2D eigenvalue weighted by atomic mass is 19.4. The van der Waals surface area contributed by atoms with E-state index in [-0.39, 0.29) is 17.9 Å². The summed E-state index contributed by atoms with van der Waals surface area (Å²) in [6.45, 7) is 3.58. The fraction of sp³-hybridized carbons (Fsp3) is 0.375. The maximum absolute atomic E-state index is 13.9. The molecule has 0 bridgehead atoms. The van der Waals surface area contributed by atoms with Crippen molar-refractivity contribution in [3.63, 3.8) is 0 Å². The van der Waals surface area contributed by atoms with Crippen molar-refractivity contribution < 1.29 is 27.5 Å². The summed E-state index contributed by atoms with van der Waals surface area (Å²) in [4.78, 5) is 24.8. The number of benzene rings is 2. The Labute approximate surface area is 191 Å². The molecule has 0 spiro atoms. The predicted octanol–water partition coefficient (Wildman–Crippen LogP) is 4.69. The fourth-order valence-electron chi connectivity index (χ4n) is 3.36. The second kappa shape index (κ2) is 11.0. The number of methoxy groups -OCH3 is 1. The summed E-state index contributed by atoms with van der Waals surface area (Å²) in [7, 11) is 2.50. The standard InChI is InChI=1S/C24H26F3N3O3/c1-15(2)13-20(22(31)30(3)14-28)29-21(24(25,26)27)18-9-5-16(6-10-18)17-7-11-19(12-8-17)23(32)33-4/h5-12,15,20-21,29H,13H2,1-4H3. The van der Waals surface area contributed by atoms with E-state index in [0.29, 0.717) is 16.7 Å². The van der Waals surface area contributed by atoms with Gasteiger partial charge in [-0.3, -0.25) is 15.0 Å². The van der Waals surface area contributed by atoms with Crippen LogP contribution in [0.5, 0.6) is 0 Å². The summed E-state index contributed by atoms with van der Waals surface area (Å²) in [6.07, 6.45) is -2.88. The lowest BCUT2D eigenvalue weighted by Gasteiger charge is -2.29. The molecule has 0 aliphatic carbocycles. The van der Waals surface area contributed by atoms with Crippen LogP contribution in [-0.4, -0.2) is 43.2 Å². The van der Waals surface area contributed by atoms with Gasteiger partial charge in [-0.1, -0.05) is 50.2 Å². The number of carbonyl (C=O) groups excluding carboxylic acids is 2. The number of nitrogens with one attached hydrogen (secondary N) is 1. The largest absolute Gasteiger partial charge is 0.465 e. The number of hydrogen-bond donors (Lipinski definition) is 1. The lowest BCUT2D eigenvalue weighted by Crippen LogP contribution is -2.49. The van der Waals surface area contributed by atoms with E-state index in [1.54, 1.807) is 56.4 Å². The molecule has 0 fully saturated rings. The number of nitrogens with zero attached hydrogens (tertiary/aromatic N) is 2. The zero-order chi connectivity index (χ0) is 24.8. The second-order valence-electron chi connectivity index (χ2n) is 8.01. The summed E-state index contributed by atoms with van der Waals surface area (Å²) in [5, 5.41) is 11.4. The molecular formula is C24H26F3N3O3. The molecule has 0 saturated carbocycles. The van der Waals surface area contributed by atoms with Gasteiger partial charge >= 0.3 is 12.1 Å². The Morgan fingerprint density at radius 1 is 1.06 bits per heavy atom. The SMILES string of the molecule is COC(=O)c1ccc(-c2ccc(C(NC(CC(C)C)C(=O)N(C)C#N)C(F)(F)F)cc2)cc1. The van der Waals surface area contributed by atoms with Crippen LogP contribution >= 0.6 is 0 Å². The number of hydrogen-bond acceptors (Lipinski definition) is 5. The van der Waals surface area contributed by atoms with Gasteiger partial charge in [-0.2, -0.15) is 18.4 Å². The Morgan fingerprint density at radius 3 is 2.00 bits per heavy atom. The lowest BCUT2D eigenvalue weighted by atomic mass is 9.97. The van der Waals surface area contributed by atoms with Crippen molar-refractivity contribution in [3.8, 4) is 17.3 Å². The fourth-order valence-corrected chi connectivity index (χ4v) is 3.36. The minimum absolute atomic E-state index is 0.0569. The zero-order valence-electron chi connectivity index (χ0n) is 18.8. The van der Waals surface area contributed by atoms with Crippen LogP contribution in [0.2, 0.25) is 0 Å². The molecule has 0 heterocycles. The summed E-state index contributed by atoms with van der Waals surface area (Å²) in [5.74, 6) is -1.27. The average Bonchev–Trinajstić information content (AvgIpc) is 2.79. The topological polar surface area (TPSA) is 82.4 Å². The van der Waals surface area contributed by atoms with Gasteiger partial charge in [-0.15, -0.1) is 0 Å². The molecule has 0 aliphatic rings. The molecule has 176 valence electrons. The number of halogens is 3. The van der Waals surface area contributed by atoms with E-state index in [1.165, 1.54) is 26.3 Å². The molecule has 33 heavy (non-hydrogen) atoms. The molecule has 1 N–H and O–H groups in total. The molecule has 6 nitrogen and oxygen atoms in total. The normalized spacial score (nSPS) is 13.2. The van der Waals surface area contributed by atoms with E-state index >= 15 is 0 Å². The molecule has 2 rings (SSSR count). The molecule has 0 aliphatic heterocycles. The number of rotatable bonds is 8. The van der Waals surface area contributed by atoms with Crippen molar-refractivity contribution in [3.05, 3.63) is 59.7 Å². The Morgan fingerprint density at radius 2 is 1.58 bits per heavy atom. The first-order valence-corrected chi connectivity index (χ1v) is 10.3. The number of nitriles is 1. The van der Waals surface area contributed by atoms with Crippen molar-refractivity contribution in [2.45, 2.75) is 38.5 Å². The molecule has 9 heteroatoms. The van der Waals surface area contributed by atoms with Crippen LogP contribution in [-0.2, 0) is 9.53 Å². The third-order valence-electron chi connectivity index (χ3n) is 5.06. The van der Waals surface area contributed by atoms with Gasteiger partial charge in [0.2, 0.25) is 0 Å². The van der Waals surface area contributed by atoms with Gasteiger partial charge in [-0.25, -0.2) is 4.79 Å². The van der Waals surface area contributed by atoms with Gasteiger partial charge in [0, 0.05) is 7.05 Å². The van der Waals surface area contributed by atoms with Crippen LogP contribution in [0.3, 0.4) is 0 Å². The average molecular weight is 461 g/mol. The Balaban J connectivity index is 2.32. The van der Waals surface area contributed by atoms with Crippen molar-refractivity contribution in [2.24, 2.45) is 5.92 Å². The maximum atomic E-state index is 13.9. The molecule has 2 aromatic carbocycles. The Hall–Kier alpha value is -3.38. The van der Waals surface area contributed by atoms with Gasteiger partial charge in [0.05, 0.1) is 18.7 Å². The van der Waals surface area contributed by atoms with Gasteiger partial charge in [0.15, 0.2) is 6.19 Å². The monoisotopic (exact) mass is 461 g/mol. The van der Waals surface area contributed by atoms with Gasteiger partial charge in [0.1, 0.15) is 6.04 Å². The number of ether oxygens (including phenoxy) is 1. The number of carbonyl (C=O) groups is 2. The number of esters is 1. The summed E-state index contributed by atoms with van der Waals surface area (Å²) in [6, 6.07) is 9.02. The third kappa shape index (κ3) is 6.80. The quantitative estimate of drug-likeness (QED) is 0.350. The van der Waals surface area contributed by atoms with Gasteiger partial charge < -0.3 is 4.74 Å². The van der Waals surface area contributed by atoms with E-state index in [2.05, 4.69) is 10.1 Å². The Kier molecular flexibility index (Phi) is 8.60. The number of amides is 1. The molecule has 0 saturated heterocycles. The zero-order valence-corrected chi connectivity index (χ0v) is 18.8. The second-order valence-corrected chi connectivity index (χ2v) is 8.01. The number of alkyl halides is 3. The molecule has 2 unspecified atom stereocenters. The molecule has 1 amide bonds. The van der Waals surface area contributed by atoms with Crippen LogP contribution in [0.25, 0.3) is 11.1 Å². The molecule has 2 atom stereocenters. The van der Waals surface area contributed by atoms with Gasteiger partial charge in [-0.05, 0) is 41.2 Å². The van der Waals surface area contributed by atoms with Gasteiger partial charge in [0.25, 0.3) is 5.91 Å². The van der Waals surface area contributed by atoms with Crippen molar-refractivity contribution in [2.75, 3.05) is 14.2 Å². The summed E-state index contributed by atoms with van der Waals surface area (Å²) in [5.41, 5.74) is 1.69. The third-order valence-corrected chi connectivity index (χ3v) is 5.06. The van der Waals surface area contributed by atoms with Crippen LogP contribution in [0, 0.1) is 17.4 Å². The van der Waals surface area contributed by atoms with Crippen LogP contribution < -0.4 is 5.32 Å². The van der Waals surface area contributed by atoms with E-state index in [4.69, 9.17) is 5.26 Å². The summed E-state index contributed by atoms with van der Waals surface area (Å²) >= 11 is 0. The molecule has 0 aromatic heterocycles. The minimum Gasteiger partial charge on any atom is -0.465 e. The predicted molar refractivity (Wildman–Crippen MR) is 117 cm³/mol. The molecular weight excluding hydrogens is 435 g/mol. The van der Waals surface area contributed by atoms with E-state index in [1.807, 2.05) is 0 Å². The van der Waals surface area contributed by atoms with Crippen molar-refractivity contribution in [1.82, 2.24) is 10.2 Å². The minimum atomic E-state index is -4.66. The lowest BCUT2D eigenvalue weighted by molar-refractivity contribution is -0.162. The first kappa shape index (κ1) is 25.9. The van der Waals surface area contributed by atoms with Crippen molar-refractivity contribution in [1.29, 1.82) is 5.26 Å². The van der Waals surface area contributed by atoms with Crippen molar-refractivity contribution >= 4 is 11.9 Å². The van der Waals surface area contributed by atoms with E-state index in [0.717, 1.165) is 4.90 Å². The first-order chi connectivity index (χ1) is 15.5. The highest BCUT2D eigenvalue weighted by molar-refractivity contribution is 5.90. The van der Waals surface area contributed by atoms with Crippen LogP contribution in [0.1, 0.15) is 42.2 Å². The van der Waals surface area contributed by atoms with Crippen LogP contribution in [0.4, 0.5) is 13.2 Å². The Bertz CT molecular complexity index is 997. The first-order valence-electron chi connectivity index (χ1n) is 10.3. The molecule has 2 aromatic rings. The smallest absolute Gasteiger partial charge is 0.407 e. The summed E-state index contributed by atoms with van der Waals surface area (Å²) < 4.78 is 46.4. The highest BCUT2D eigenvalue weighted by Gasteiger charge is 2.43.